The van der Waals surface area contributed by atoms with Gasteiger partial charge < -0.3 is 16.0 Å². The summed E-state index contributed by atoms with van der Waals surface area (Å²) in [5.74, 6) is 1.98. The lowest BCUT2D eigenvalue weighted by Crippen LogP contribution is -2.39. The lowest BCUT2D eigenvalue weighted by Gasteiger charge is -2.16. The van der Waals surface area contributed by atoms with Crippen LogP contribution in [-0.2, 0) is 4.79 Å². The van der Waals surface area contributed by atoms with E-state index in [-0.39, 0.29) is 11.9 Å². The molecule has 5 heteroatoms. The van der Waals surface area contributed by atoms with Gasteiger partial charge in [0.25, 0.3) is 0 Å². The highest BCUT2D eigenvalue weighted by Gasteiger charge is 2.13. The van der Waals surface area contributed by atoms with E-state index in [1.165, 1.54) is 0 Å². The van der Waals surface area contributed by atoms with Crippen molar-refractivity contribution < 1.29 is 4.79 Å². The van der Waals surface area contributed by atoms with Gasteiger partial charge in [0.1, 0.15) is 17.7 Å². The Morgan fingerprint density at radius 3 is 2.60 bits per heavy atom. The van der Waals surface area contributed by atoms with Crippen LogP contribution in [0.3, 0.4) is 0 Å². The van der Waals surface area contributed by atoms with Crippen molar-refractivity contribution in [2.45, 2.75) is 40.2 Å². The number of pyridine rings is 1. The zero-order valence-electron chi connectivity index (χ0n) is 12.9. The molecule has 0 aliphatic heterocycles. The molecule has 1 rings (SSSR count). The zero-order chi connectivity index (χ0) is 15.0. The number of rotatable bonds is 8. The number of carbonyl (C=O) groups is 1. The standard InChI is InChI=1S/C15H26N4O/c1-5-9-16-13-7-6-8-14(19-13)18-12(4)15(20)17-10-11(2)3/h6-8,11-12H,5,9-10H2,1-4H3,(H,17,20)(H2,16,18,19). The number of hydrogen-bond acceptors (Lipinski definition) is 4. The molecule has 1 amide bonds. The van der Waals surface area contributed by atoms with Crippen molar-refractivity contribution in [2.75, 3.05) is 23.7 Å². The number of amides is 1. The van der Waals surface area contributed by atoms with Crippen LogP contribution in [0, 0.1) is 5.92 Å². The van der Waals surface area contributed by atoms with Gasteiger partial charge in [-0.25, -0.2) is 4.98 Å². The summed E-state index contributed by atoms with van der Waals surface area (Å²) < 4.78 is 0. The molecule has 0 radical (unpaired) electrons. The van der Waals surface area contributed by atoms with Crippen molar-refractivity contribution in [3.8, 4) is 0 Å². The van der Waals surface area contributed by atoms with E-state index in [0.717, 1.165) is 18.8 Å². The molecule has 1 atom stereocenters. The summed E-state index contributed by atoms with van der Waals surface area (Å²) in [5.41, 5.74) is 0. The van der Waals surface area contributed by atoms with Crippen LogP contribution >= 0.6 is 0 Å². The second-order valence-corrected chi connectivity index (χ2v) is 5.34. The van der Waals surface area contributed by atoms with Crippen LogP contribution < -0.4 is 16.0 Å². The van der Waals surface area contributed by atoms with Gasteiger partial charge in [0, 0.05) is 13.1 Å². The first kappa shape index (κ1) is 16.3. The van der Waals surface area contributed by atoms with Gasteiger partial charge in [-0.1, -0.05) is 26.8 Å². The summed E-state index contributed by atoms with van der Waals surface area (Å²) in [4.78, 5) is 16.3. The minimum absolute atomic E-state index is 0.00702. The number of nitrogens with one attached hydrogen (secondary N) is 3. The summed E-state index contributed by atoms with van der Waals surface area (Å²) >= 11 is 0. The van der Waals surface area contributed by atoms with Gasteiger partial charge in [0.05, 0.1) is 0 Å². The SMILES string of the molecule is CCCNc1cccc(NC(C)C(=O)NCC(C)C)n1. The Kier molecular flexibility index (Phi) is 6.84. The Hall–Kier alpha value is -1.78. The lowest BCUT2D eigenvalue weighted by molar-refractivity contribution is -0.121. The van der Waals surface area contributed by atoms with Crippen LogP contribution in [0.15, 0.2) is 18.2 Å². The first-order valence-corrected chi connectivity index (χ1v) is 7.28. The van der Waals surface area contributed by atoms with E-state index < -0.39 is 0 Å². The largest absolute Gasteiger partial charge is 0.370 e. The molecule has 0 saturated carbocycles. The molecular formula is C15H26N4O. The van der Waals surface area contributed by atoms with Crippen LogP contribution in [0.1, 0.15) is 34.1 Å². The van der Waals surface area contributed by atoms with Crippen molar-refractivity contribution in [2.24, 2.45) is 5.92 Å². The molecule has 20 heavy (non-hydrogen) atoms. The van der Waals surface area contributed by atoms with E-state index in [4.69, 9.17) is 0 Å². The van der Waals surface area contributed by atoms with Crippen LogP contribution in [0.25, 0.3) is 0 Å². The van der Waals surface area contributed by atoms with E-state index in [2.05, 4.69) is 41.7 Å². The van der Waals surface area contributed by atoms with Crippen molar-refractivity contribution >= 4 is 17.5 Å². The molecule has 0 saturated heterocycles. The van der Waals surface area contributed by atoms with Gasteiger partial charge in [-0.05, 0) is 31.4 Å². The molecule has 1 unspecified atom stereocenters. The highest BCUT2D eigenvalue weighted by molar-refractivity contribution is 5.83. The van der Waals surface area contributed by atoms with Crippen molar-refractivity contribution in [1.29, 1.82) is 0 Å². The molecule has 0 spiro atoms. The first-order valence-electron chi connectivity index (χ1n) is 7.28. The quantitative estimate of drug-likeness (QED) is 0.683. The third-order valence-electron chi connectivity index (χ3n) is 2.75. The molecule has 0 bridgehead atoms. The van der Waals surface area contributed by atoms with Gasteiger partial charge in [-0.15, -0.1) is 0 Å². The average molecular weight is 278 g/mol. The van der Waals surface area contributed by atoms with E-state index in [1.54, 1.807) is 0 Å². The molecule has 0 aliphatic rings. The average Bonchev–Trinajstić information content (AvgIpc) is 2.42. The summed E-state index contributed by atoms with van der Waals surface area (Å²) in [5, 5.41) is 9.25. The highest BCUT2D eigenvalue weighted by Crippen LogP contribution is 2.10. The Bertz CT molecular complexity index is 420. The monoisotopic (exact) mass is 278 g/mol. The number of hydrogen-bond donors (Lipinski definition) is 3. The smallest absolute Gasteiger partial charge is 0.242 e. The van der Waals surface area contributed by atoms with Gasteiger partial charge in [-0.3, -0.25) is 4.79 Å². The molecule has 0 aliphatic carbocycles. The number of nitrogens with zero attached hydrogens (tertiary/aromatic N) is 1. The Balaban J connectivity index is 2.52. The molecule has 5 nitrogen and oxygen atoms in total. The number of anilines is 2. The third kappa shape index (κ3) is 5.91. The molecule has 0 fully saturated rings. The predicted molar refractivity (Wildman–Crippen MR) is 84.0 cm³/mol. The molecule has 1 heterocycles. The van der Waals surface area contributed by atoms with Crippen LogP contribution in [0.4, 0.5) is 11.6 Å². The van der Waals surface area contributed by atoms with Gasteiger partial charge >= 0.3 is 0 Å². The second kappa shape index (κ2) is 8.40. The third-order valence-corrected chi connectivity index (χ3v) is 2.75. The van der Waals surface area contributed by atoms with Crippen molar-refractivity contribution in [3.05, 3.63) is 18.2 Å². The fourth-order valence-electron chi connectivity index (χ4n) is 1.61. The minimum Gasteiger partial charge on any atom is -0.370 e. The van der Waals surface area contributed by atoms with Crippen LogP contribution in [0.2, 0.25) is 0 Å². The number of carbonyl (C=O) groups excluding carboxylic acids is 1. The van der Waals surface area contributed by atoms with E-state index in [0.29, 0.717) is 18.3 Å². The topological polar surface area (TPSA) is 66.0 Å². The summed E-state index contributed by atoms with van der Waals surface area (Å²) in [6.45, 7) is 9.67. The van der Waals surface area contributed by atoms with Crippen LogP contribution in [0.5, 0.6) is 0 Å². The number of aromatic nitrogens is 1. The summed E-state index contributed by atoms with van der Waals surface area (Å²) in [6.07, 6.45) is 1.05. The fourth-order valence-corrected chi connectivity index (χ4v) is 1.61. The zero-order valence-corrected chi connectivity index (χ0v) is 12.9. The van der Waals surface area contributed by atoms with E-state index >= 15 is 0 Å². The van der Waals surface area contributed by atoms with Gasteiger partial charge in [0.15, 0.2) is 0 Å². The molecule has 3 N–H and O–H groups in total. The fraction of sp³-hybridized carbons (Fsp3) is 0.600. The van der Waals surface area contributed by atoms with Gasteiger partial charge in [0.2, 0.25) is 5.91 Å². The lowest BCUT2D eigenvalue weighted by atomic mass is 10.2. The Morgan fingerprint density at radius 2 is 1.95 bits per heavy atom. The minimum atomic E-state index is -0.303. The molecule has 0 aromatic carbocycles. The van der Waals surface area contributed by atoms with Gasteiger partial charge in [-0.2, -0.15) is 0 Å². The Morgan fingerprint density at radius 1 is 1.25 bits per heavy atom. The predicted octanol–water partition coefficient (Wildman–Crippen LogP) is 2.48. The summed E-state index contributed by atoms with van der Waals surface area (Å²) in [7, 11) is 0. The maximum absolute atomic E-state index is 11.9. The van der Waals surface area contributed by atoms with E-state index in [9.17, 15) is 4.79 Å². The maximum Gasteiger partial charge on any atom is 0.242 e. The highest BCUT2D eigenvalue weighted by atomic mass is 16.2. The summed E-state index contributed by atoms with van der Waals surface area (Å²) in [6, 6.07) is 5.41. The first-order chi connectivity index (χ1) is 9.52. The molecule has 1 aromatic rings. The Labute approximate surface area is 121 Å². The maximum atomic E-state index is 11.9. The molecule has 1 aromatic heterocycles. The second-order valence-electron chi connectivity index (χ2n) is 5.34. The van der Waals surface area contributed by atoms with Crippen molar-refractivity contribution in [3.63, 3.8) is 0 Å². The normalized spacial score (nSPS) is 12.1. The van der Waals surface area contributed by atoms with Crippen molar-refractivity contribution in [1.82, 2.24) is 10.3 Å². The van der Waals surface area contributed by atoms with Crippen LogP contribution in [-0.4, -0.2) is 30.0 Å². The molecule has 112 valence electrons. The van der Waals surface area contributed by atoms with E-state index in [1.807, 2.05) is 25.1 Å². The molecular weight excluding hydrogens is 252 g/mol.